The topological polar surface area (TPSA) is 67.0 Å². The Kier molecular flexibility index (Phi) is 4.99. The highest BCUT2D eigenvalue weighted by Crippen LogP contribution is 2.17. The highest BCUT2D eigenvalue weighted by Gasteiger charge is 2.06. The Morgan fingerprint density at radius 1 is 1.41 bits per heavy atom. The Morgan fingerprint density at radius 2 is 2.12 bits per heavy atom. The Hall–Kier alpha value is -1.53. The monoisotopic (exact) mass is 271 g/mol. The zero-order valence-corrected chi connectivity index (χ0v) is 10.4. The number of aliphatic carboxylic acids is 1. The van der Waals surface area contributed by atoms with E-state index < -0.39 is 5.97 Å². The summed E-state index contributed by atoms with van der Waals surface area (Å²) in [6.45, 7) is 0.478. The Morgan fingerprint density at radius 3 is 2.65 bits per heavy atom. The Bertz CT molecular complexity index is 473. The van der Waals surface area contributed by atoms with E-state index in [9.17, 15) is 4.79 Å². The quantitative estimate of drug-likeness (QED) is 0.652. The van der Waals surface area contributed by atoms with E-state index >= 15 is 0 Å². The molecule has 2 aromatic heterocycles. The fourth-order valence-electron chi connectivity index (χ4n) is 1.27. The first-order chi connectivity index (χ1) is 7.75. The van der Waals surface area contributed by atoms with Gasteiger partial charge in [0.15, 0.2) is 18.9 Å². The molecule has 0 spiro atoms. The number of carboxylic acid groups (broad SMARTS) is 1. The second-order valence-electron chi connectivity index (χ2n) is 3.21. The van der Waals surface area contributed by atoms with Gasteiger partial charge >= 0.3 is 5.97 Å². The van der Waals surface area contributed by atoms with E-state index in [2.05, 4.69) is 9.36 Å². The number of rotatable bonds is 4. The maximum Gasteiger partial charge on any atom is 0.309 e. The molecule has 0 amide bonds. The molecule has 2 heterocycles. The van der Waals surface area contributed by atoms with Gasteiger partial charge in [0.1, 0.15) is 17.8 Å². The molecule has 1 N–H and O–H groups in total. The Labute approximate surface area is 108 Å². The SMILES string of the molecule is O=C(O)CC[n+]1ccc(-c2ncns2)cc1.[Cl-]. The number of pyridine rings is 1. The van der Waals surface area contributed by atoms with Gasteiger partial charge in [-0.25, -0.2) is 9.55 Å². The standard InChI is InChI=1S/C10H9N3O2S.ClH/c14-9(15)3-6-13-4-1-8(2-5-13)10-11-7-12-16-10;/h1-2,4-5,7H,3,6H2;1H. The van der Waals surface area contributed by atoms with E-state index in [4.69, 9.17) is 5.11 Å². The van der Waals surface area contributed by atoms with Crippen molar-refractivity contribution in [1.29, 1.82) is 0 Å². The van der Waals surface area contributed by atoms with Gasteiger partial charge in [0.2, 0.25) is 0 Å². The molecule has 17 heavy (non-hydrogen) atoms. The predicted octanol–water partition coefficient (Wildman–Crippen LogP) is -2.03. The molecule has 0 unspecified atom stereocenters. The molecule has 0 fully saturated rings. The van der Waals surface area contributed by atoms with Crippen LogP contribution in [0.25, 0.3) is 10.6 Å². The normalized spacial score (nSPS) is 9.65. The van der Waals surface area contributed by atoms with E-state index in [-0.39, 0.29) is 18.8 Å². The van der Waals surface area contributed by atoms with Crippen LogP contribution >= 0.6 is 11.5 Å². The van der Waals surface area contributed by atoms with Crippen LogP contribution in [0.1, 0.15) is 6.42 Å². The molecule has 90 valence electrons. The number of carbonyl (C=O) groups is 1. The third-order valence-corrected chi connectivity index (χ3v) is 2.80. The number of carboxylic acids is 1. The summed E-state index contributed by atoms with van der Waals surface area (Å²) in [5.41, 5.74) is 0.995. The molecule has 0 saturated carbocycles. The van der Waals surface area contributed by atoms with E-state index in [1.54, 1.807) is 0 Å². The maximum atomic E-state index is 10.4. The predicted molar refractivity (Wildman–Crippen MR) is 57.8 cm³/mol. The highest BCUT2D eigenvalue weighted by molar-refractivity contribution is 7.09. The maximum absolute atomic E-state index is 10.4. The minimum atomic E-state index is -0.791. The number of hydrogen-bond donors (Lipinski definition) is 1. The van der Waals surface area contributed by atoms with E-state index in [1.807, 2.05) is 29.1 Å². The lowest BCUT2D eigenvalue weighted by Crippen LogP contribution is -3.00. The summed E-state index contributed by atoms with van der Waals surface area (Å²) in [7, 11) is 0. The molecule has 0 aliphatic carbocycles. The van der Waals surface area contributed by atoms with Crippen molar-refractivity contribution in [1.82, 2.24) is 9.36 Å². The van der Waals surface area contributed by atoms with Gasteiger partial charge in [0, 0.05) is 17.7 Å². The molecule has 7 heteroatoms. The van der Waals surface area contributed by atoms with Gasteiger partial charge in [-0.05, 0) is 11.5 Å². The van der Waals surface area contributed by atoms with Crippen LogP contribution in [0, 0.1) is 0 Å². The average molecular weight is 272 g/mol. The first kappa shape index (κ1) is 13.5. The zero-order valence-electron chi connectivity index (χ0n) is 8.78. The van der Waals surface area contributed by atoms with Crippen molar-refractivity contribution in [3.63, 3.8) is 0 Å². The van der Waals surface area contributed by atoms with Crippen molar-refractivity contribution >= 4 is 17.5 Å². The molecule has 0 aliphatic rings. The van der Waals surface area contributed by atoms with Crippen molar-refractivity contribution in [2.24, 2.45) is 0 Å². The van der Waals surface area contributed by atoms with Gasteiger partial charge in [-0.1, -0.05) is 0 Å². The number of nitrogens with zero attached hydrogens (tertiary/aromatic N) is 3. The van der Waals surface area contributed by atoms with Crippen LogP contribution in [0.2, 0.25) is 0 Å². The summed E-state index contributed by atoms with van der Waals surface area (Å²) >= 11 is 1.34. The third-order valence-electron chi connectivity index (χ3n) is 2.08. The summed E-state index contributed by atoms with van der Waals surface area (Å²) < 4.78 is 5.76. The van der Waals surface area contributed by atoms with Crippen molar-refractivity contribution in [3.05, 3.63) is 30.9 Å². The van der Waals surface area contributed by atoms with Gasteiger partial charge in [-0.3, -0.25) is 4.79 Å². The van der Waals surface area contributed by atoms with Gasteiger partial charge in [-0.2, -0.15) is 4.37 Å². The van der Waals surface area contributed by atoms with Gasteiger partial charge < -0.3 is 17.5 Å². The van der Waals surface area contributed by atoms with Crippen LogP contribution < -0.4 is 17.0 Å². The molecule has 5 nitrogen and oxygen atoms in total. The lowest BCUT2D eigenvalue weighted by atomic mass is 10.3. The summed E-state index contributed by atoms with van der Waals surface area (Å²) in [5, 5.41) is 9.42. The van der Waals surface area contributed by atoms with Crippen molar-refractivity contribution in [2.45, 2.75) is 13.0 Å². The smallest absolute Gasteiger partial charge is 0.309 e. The second-order valence-corrected chi connectivity index (χ2v) is 3.99. The van der Waals surface area contributed by atoms with Crippen LogP contribution in [0.4, 0.5) is 0 Å². The molecule has 2 rings (SSSR count). The molecular weight excluding hydrogens is 262 g/mol. The van der Waals surface area contributed by atoms with Crippen LogP contribution in [-0.2, 0) is 11.3 Å². The number of aromatic nitrogens is 3. The first-order valence-electron chi connectivity index (χ1n) is 4.73. The average Bonchev–Trinajstić information content (AvgIpc) is 2.80. The summed E-state index contributed by atoms with van der Waals surface area (Å²) in [4.78, 5) is 14.5. The summed E-state index contributed by atoms with van der Waals surface area (Å²) in [6.07, 6.45) is 5.34. The minimum Gasteiger partial charge on any atom is -1.00 e. The van der Waals surface area contributed by atoms with Gasteiger partial charge in [0.05, 0.1) is 0 Å². The molecule has 0 radical (unpaired) electrons. The highest BCUT2D eigenvalue weighted by atomic mass is 35.5. The van der Waals surface area contributed by atoms with Gasteiger partial charge in [0.25, 0.3) is 0 Å². The fourth-order valence-corrected chi connectivity index (χ4v) is 1.80. The number of aryl methyl sites for hydroxylation is 1. The van der Waals surface area contributed by atoms with Gasteiger partial charge in [-0.15, -0.1) is 0 Å². The molecule has 0 bridgehead atoms. The number of halogens is 1. The Balaban J connectivity index is 0.00000144. The summed E-state index contributed by atoms with van der Waals surface area (Å²) in [5.74, 6) is -0.791. The second kappa shape index (κ2) is 6.27. The third kappa shape index (κ3) is 3.76. The molecule has 2 aromatic rings. The van der Waals surface area contributed by atoms with E-state index in [1.165, 1.54) is 17.9 Å². The molecular formula is C10H10ClN3O2S. The lowest BCUT2D eigenvalue weighted by Gasteiger charge is -1.95. The van der Waals surface area contributed by atoms with Crippen molar-refractivity contribution in [3.8, 4) is 10.6 Å². The van der Waals surface area contributed by atoms with Crippen LogP contribution in [0.5, 0.6) is 0 Å². The largest absolute Gasteiger partial charge is 1.00 e. The summed E-state index contributed by atoms with van der Waals surface area (Å²) in [6, 6.07) is 3.81. The zero-order chi connectivity index (χ0) is 11.4. The van der Waals surface area contributed by atoms with Crippen LogP contribution in [-0.4, -0.2) is 20.4 Å². The van der Waals surface area contributed by atoms with Crippen molar-refractivity contribution in [2.75, 3.05) is 0 Å². The molecule has 0 saturated heterocycles. The first-order valence-corrected chi connectivity index (χ1v) is 5.51. The van der Waals surface area contributed by atoms with E-state index in [0.717, 1.165) is 10.6 Å². The minimum absolute atomic E-state index is 0. The molecule has 0 aromatic carbocycles. The lowest BCUT2D eigenvalue weighted by molar-refractivity contribution is -0.695. The van der Waals surface area contributed by atoms with E-state index in [0.29, 0.717) is 6.54 Å². The fraction of sp³-hybridized carbons (Fsp3) is 0.200. The molecule has 0 atom stereocenters. The van der Waals surface area contributed by atoms with Crippen LogP contribution in [0.15, 0.2) is 30.9 Å². The number of hydrogen-bond acceptors (Lipinski definition) is 4. The van der Waals surface area contributed by atoms with Crippen molar-refractivity contribution < 1.29 is 26.9 Å². The van der Waals surface area contributed by atoms with Crippen LogP contribution in [0.3, 0.4) is 0 Å². The molecule has 0 aliphatic heterocycles.